The summed E-state index contributed by atoms with van der Waals surface area (Å²) in [4.78, 5) is 6.86. The molecule has 0 radical (unpaired) electrons. The van der Waals surface area contributed by atoms with Crippen molar-refractivity contribution in [3.8, 4) is 0 Å². The lowest BCUT2D eigenvalue weighted by molar-refractivity contribution is 0.00578. The number of pyridine rings is 1. The van der Waals surface area contributed by atoms with Crippen LogP contribution in [0.1, 0.15) is 47.0 Å². The Bertz CT molecular complexity index is 476. The number of hydrogen-bond acceptors (Lipinski definition) is 4. The van der Waals surface area contributed by atoms with Crippen LogP contribution in [0.5, 0.6) is 0 Å². The molecule has 4 nitrogen and oxygen atoms in total. The van der Waals surface area contributed by atoms with Crippen LogP contribution in [0.2, 0.25) is 0 Å². The normalized spacial score (nSPS) is 27.9. The molecule has 0 saturated carbocycles. The van der Waals surface area contributed by atoms with Gasteiger partial charge in [-0.15, -0.1) is 0 Å². The highest BCUT2D eigenvalue weighted by atomic mass is 16.7. The van der Waals surface area contributed by atoms with E-state index >= 15 is 0 Å². The lowest BCUT2D eigenvalue weighted by atomic mass is 9.72. The summed E-state index contributed by atoms with van der Waals surface area (Å²) >= 11 is 0. The second-order valence-electron chi connectivity index (χ2n) is 7.07. The summed E-state index contributed by atoms with van der Waals surface area (Å²) in [6, 6.07) is 6.07. The standard InChI is InChI=1S/C16H25BN2O2/c1-15(2)16(3,4)21-17(20-15)13-9-6-8-12-19(13)14-10-5-7-11-18-14/h5,7,10-11,13H,6,8-9,12H2,1-4H3. The van der Waals surface area contributed by atoms with E-state index in [1.165, 1.54) is 12.8 Å². The van der Waals surface area contributed by atoms with Gasteiger partial charge in [0.15, 0.2) is 0 Å². The van der Waals surface area contributed by atoms with Crippen molar-refractivity contribution in [1.29, 1.82) is 0 Å². The summed E-state index contributed by atoms with van der Waals surface area (Å²) in [5.41, 5.74) is -0.546. The molecule has 0 bridgehead atoms. The molecule has 0 amide bonds. The lowest BCUT2D eigenvalue weighted by Crippen LogP contribution is -2.51. The Balaban J connectivity index is 1.83. The molecule has 1 aromatic rings. The first-order valence-corrected chi connectivity index (χ1v) is 7.94. The molecule has 0 N–H and O–H groups in total. The molecule has 0 spiro atoms. The SMILES string of the molecule is CC1(C)OB(C2CCCCN2c2ccccn2)OC1(C)C. The van der Waals surface area contributed by atoms with Crippen molar-refractivity contribution in [3.63, 3.8) is 0 Å². The summed E-state index contributed by atoms with van der Waals surface area (Å²) < 4.78 is 12.5. The molecule has 3 heterocycles. The van der Waals surface area contributed by atoms with Crippen molar-refractivity contribution in [2.75, 3.05) is 11.4 Å². The Labute approximate surface area is 128 Å². The molecular formula is C16H25BN2O2. The van der Waals surface area contributed by atoms with E-state index in [4.69, 9.17) is 9.31 Å². The van der Waals surface area contributed by atoms with E-state index < -0.39 is 0 Å². The van der Waals surface area contributed by atoms with E-state index in [9.17, 15) is 0 Å². The van der Waals surface area contributed by atoms with Gasteiger partial charge in [-0.1, -0.05) is 12.5 Å². The predicted molar refractivity (Wildman–Crippen MR) is 85.3 cm³/mol. The van der Waals surface area contributed by atoms with Crippen molar-refractivity contribution >= 4 is 12.9 Å². The molecule has 5 heteroatoms. The Morgan fingerprint density at radius 3 is 2.48 bits per heavy atom. The van der Waals surface area contributed by atoms with Crippen LogP contribution in [0, 0.1) is 0 Å². The molecular weight excluding hydrogens is 263 g/mol. The van der Waals surface area contributed by atoms with E-state index in [0.717, 1.165) is 18.8 Å². The van der Waals surface area contributed by atoms with Crippen LogP contribution in [0.25, 0.3) is 0 Å². The van der Waals surface area contributed by atoms with Crippen LogP contribution in [0.3, 0.4) is 0 Å². The monoisotopic (exact) mass is 288 g/mol. The molecule has 2 aliphatic heterocycles. The lowest BCUT2D eigenvalue weighted by Gasteiger charge is -2.37. The van der Waals surface area contributed by atoms with Crippen molar-refractivity contribution < 1.29 is 9.31 Å². The van der Waals surface area contributed by atoms with Crippen LogP contribution in [-0.2, 0) is 9.31 Å². The van der Waals surface area contributed by atoms with E-state index in [0.29, 0.717) is 0 Å². The maximum atomic E-state index is 6.26. The molecule has 2 saturated heterocycles. The van der Waals surface area contributed by atoms with E-state index in [-0.39, 0.29) is 24.3 Å². The summed E-state index contributed by atoms with van der Waals surface area (Å²) in [5.74, 6) is 1.27. The van der Waals surface area contributed by atoms with Crippen molar-refractivity contribution in [1.82, 2.24) is 4.98 Å². The first-order valence-electron chi connectivity index (χ1n) is 7.94. The van der Waals surface area contributed by atoms with E-state index in [1.54, 1.807) is 0 Å². The first-order chi connectivity index (χ1) is 9.91. The smallest absolute Gasteiger partial charge is 0.402 e. The summed E-state index contributed by atoms with van der Waals surface area (Å²) in [7, 11) is -0.183. The third-order valence-electron chi connectivity index (χ3n) is 5.08. The number of piperidine rings is 1. The largest absolute Gasteiger partial charge is 0.482 e. The molecule has 21 heavy (non-hydrogen) atoms. The molecule has 1 atom stereocenters. The van der Waals surface area contributed by atoms with Gasteiger partial charge in [-0.05, 0) is 52.7 Å². The number of aromatic nitrogens is 1. The van der Waals surface area contributed by atoms with Gasteiger partial charge in [0.25, 0.3) is 0 Å². The Morgan fingerprint density at radius 2 is 1.86 bits per heavy atom. The number of rotatable bonds is 2. The van der Waals surface area contributed by atoms with Gasteiger partial charge in [0.05, 0.1) is 17.1 Å². The minimum absolute atomic E-state index is 0.183. The zero-order chi connectivity index (χ0) is 15.1. The van der Waals surface area contributed by atoms with Crippen LogP contribution in [-0.4, -0.2) is 35.8 Å². The summed E-state index contributed by atoms with van der Waals surface area (Å²) in [6.45, 7) is 9.47. The first kappa shape index (κ1) is 14.9. The summed E-state index contributed by atoms with van der Waals surface area (Å²) in [5, 5.41) is 0. The highest BCUT2D eigenvalue weighted by molar-refractivity contribution is 6.48. The van der Waals surface area contributed by atoms with Gasteiger partial charge in [0.1, 0.15) is 5.82 Å². The highest BCUT2D eigenvalue weighted by Gasteiger charge is 2.55. The fourth-order valence-electron chi connectivity index (χ4n) is 3.09. The van der Waals surface area contributed by atoms with Crippen LogP contribution >= 0.6 is 0 Å². The number of nitrogens with zero attached hydrogens (tertiary/aromatic N) is 2. The fraction of sp³-hybridized carbons (Fsp3) is 0.688. The van der Waals surface area contributed by atoms with Crippen molar-refractivity contribution in [2.45, 2.75) is 64.1 Å². The number of anilines is 1. The fourth-order valence-corrected chi connectivity index (χ4v) is 3.09. The maximum Gasteiger partial charge on any atom is 0.482 e. The van der Waals surface area contributed by atoms with Gasteiger partial charge in [0.2, 0.25) is 0 Å². The molecule has 2 fully saturated rings. The van der Waals surface area contributed by atoms with Gasteiger partial charge in [-0.25, -0.2) is 4.98 Å². The second kappa shape index (κ2) is 5.29. The van der Waals surface area contributed by atoms with Gasteiger partial charge < -0.3 is 14.2 Å². The molecule has 3 rings (SSSR count). The molecule has 1 unspecified atom stereocenters. The second-order valence-corrected chi connectivity index (χ2v) is 7.07. The van der Waals surface area contributed by atoms with E-state index in [2.05, 4.69) is 43.6 Å². The molecule has 0 aromatic carbocycles. The zero-order valence-electron chi connectivity index (χ0n) is 13.5. The van der Waals surface area contributed by atoms with Gasteiger partial charge in [-0.2, -0.15) is 0 Å². The molecule has 114 valence electrons. The predicted octanol–water partition coefficient (Wildman–Crippen LogP) is 3.07. The third kappa shape index (κ3) is 2.69. The Kier molecular flexibility index (Phi) is 3.74. The van der Waals surface area contributed by atoms with Gasteiger partial charge in [0, 0.05) is 12.7 Å². The van der Waals surface area contributed by atoms with Crippen LogP contribution in [0.15, 0.2) is 24.4 Å². The highest BCUT2D eigenvalue weighted by Crippen LogP contribution is 2.40. The van der Waals surface area contributed by atoms with E-state index in [1.807, 2.05) is 18.3 Å². The van der Waals surface area contributed by atoms with Crippen molar-refractivity contribution in [2.24, 2.45) is 0 Å². The average Bonchev–Trinajstić information content (AvgIpc) is 2.68. The minimum atomic E-state index is -0.273. The molecule has 1 aromatic heterocycles. The third-order valence-corrected chi connectivity index (χ3v) is 5.08. The van der Waals surface area contributed by atoms with Crippen LogP contribution < -0.4 is 4.90 Å². The Morgan fingerprint density at radius 1 is 1.14 bits per heavy atom. The van der Waals surface area contributed by atoms with Gasteiger partial charge >= 0.3 is 7.12 Å². The molecule has 0 aliphatic carbocycles. The number of hydrogen-bond donors (Lipinski definition) is 0. The Hall–Kier alpha value is -1.07. The van der Waals surface area contributed by atoms with Crippen molar-refractivity contribution in [3.05, 3.63) is 24.4 Å². The maximum absolute atomic E-state index is 6.26. The summed E-state index contributed by atoms with van der Waals surface area (Å²) in [6.07, 6.45) is 5.36. The van der Waals surface area contributed by atoms with Gasteiger partial charge in [-0.3, -0.25) is 0 Å². The minimum Gasteiger partial charge on any atom is -0.402 e. The average molecular weight is 288 g/mol. The topological polar surface area (TPSA) is 34.6 Å². The zero-order valence-corrected chi connectivity index (χ0v) is 13.5. The molecule has 2 aliphatic rings. The quantitative estimate of drug-likeness (QED) is 0.783. The van der Waals surface area contributed by atoms with Crippen LogP contribution in [0.4, 0.5) is 5.82 Å².